The summed E-state index contributed by atoms with van der Waals surface area (Å²) >= 11 is 1.30. The van der Waals surface area contributed by atoms with E-state index in [-0.39, 0.29) is 5.56 Å². The molecule has 1 unspecified atom stereocenters. The van der Waals surface area contributed by atoms with Crippen molar-refractivity contribution in [1.29, 1.82) is 0 Å². The van der Waals surface area contributed by atoms with Crippen molar-refractivity contribution in [3.8, 4) is 16.9 Å². The molecule has 1 atom stereocenters. The lowest BCUT2D eigenvalue weighted by atomic mass is 10.2. The van der Waals surface area contributed by atoms with Crippen LogP contribution in [0, 0.1) is 0 Å². The molecule has 150 valence electrons. The second-order valence-electron chi connectivity index (χ2n) is 6.25. The number of hydrogen-bond acceptors (Lipinski definition) is 8. The highest BCUT2D eigenvalue weighted by Gasteiger charge is 2.20. The van der Waals surface area contributed by atoms with Gasteiger partial charge in [-0.1, -0.05) is 36.4 Å². The van der Waals surface area contributed by atoms with Crippen molar-refractivity contribution in [2.24, 2.45) is 0 Å². The number of nitrogens with one attached hydrogen (secondary N) is 1. The van der Waals surface area contributed by atoms with Gasteiger partial charge in [-0.05, 0) is 35.5 Å². The first kappa shape index (κ1) is 19.4. The van der Waals surface area contributed by atoms with Crippen molar-refractivity contribution in [2.45, 2.75) is 13.0 Å². The Morgan fingerprint density at radius 3 is 2.73 bits per heavy atom. The Hall–Kier alpha value is -3.92. The molecule has 0 fully saturated rings. The standard InChI is InChI=1S/C20H16N6O3S/c1-13(18(27)23-20-22-17(11-30-20)14-6-3-2-4-7-14)29-19(28)15-8-5-9-16(10-15)26-12-21-24-25-26/h2-13H,1H3,(H,22,23,27). The molecule has 0 saturated heterocycles. The van der Waals surface area contributed by atoms with E-state index in [1.165, 1.54) is 29.3 Å². The van der Waals surface area contributed by atoms with Gasteiger partial charge in [0.1, 0.15) is 6.33 Å². The van der Waals surface area contributed by atoms with Gasteiger partial charge in [0.15, 0.2) is 11.2 Å². The predicted molar refractivity (Wildman–Crippen MR) is 110 cm³/mol. The van der Waals surface area contributed by atoms with E-state index in [9.17, 15) is 9.59 Å². The zero-order valence-corrected chi connectivity index (χ0v) is 16.6. The fourth-order valence-corrected chi connectivity index (χ4v) is 3.34. The van der Waals surface area contributed by atoms with Crippen LogP contribution in [0.5, 0.6) is 0 Å². The number of ether oxygens (including phenoxy) is 1. The van der Waals surface area contributed by atoms with Crippen LogP contribution in [0.25, 0.3) is 16.9 Å². The second kappa shape index (κ2) is 8.62. The molecule has 4 rings (SSSR count). The molecule has 0 spiro atoms. The van der Waals surface area contributed by atoms with Gasteiger partial charge in [-0.3, -0.25) is 10.1 Å². The lowest BCUT2D eigenvalue weighted by Gasteiger charge is -2.12. The highest BCUT2D eigenvalue weighted by atomic mass is 32.1. The molecule has 2 aromatic carbocycles. The summed E-state index contributed by atoms with van der Waals surface area (Å²) in [7, 11) is 0. The number of carbonyl (C=O) groups excluding carboxylic acids is 2. The summed E-state index contributed by atoms with van der Waals surface area (Å²) in [6, 6.07) is 16.2. The molecule has 1 amide bonds. The molecule has 0 aliphatic carbocycles. The van der Waals surface area contributed by atoms with Crippen molar-refractivity contribution < 1.29 is 14.3 Å². The van der Waals surface area contributed by atoms with Crippen molar-refractivity contribution in [3.63, 3.8) is 0 Å². The fourth-order valence-electron chi connectivity index (χ4n) is 2.62. The van der Waals surface area contributed by atoms with Gasteiger partial charge in [0.2, 0.25) is 0 Å². The summed E-state index contributed by atoms with van der Waals surface area (Å²) in [5.74, 6) is -1.09. The molecule has 1 N–H and O–H groups in total. The summed E-state index contributed by atoms with van der Waals surface area (Å²) in [6.45, 7) is 1.50. The van der Waals surface area contributed by atoms with Crippen molar-refractivity contribution in [2.75, 3.05) is 5.32 Å². The lowest BCUT2D eigenvalue weighted by Crippen LogP contribution is -2.30. The minimum Gasteiger partial charge on any atom is -0.449 e. The van der Waals surface area contributed by atoms with E-state index in [0.29, 0.717) is 10.8 Å². The maximum Gasteiger partial charge on any atom is 0.338 e. The van der Waals surface area contributed by atoms with Crippen molar-refractivity contribution >= 4 is 28.3 Å². The molecule has 2 aromatic heterocycles. The highest BCUT2D eigenvalue weighted by molar-refractivity contribution is 7.14. The van der Waals surface area contributed by atoms with E-state index in [2.05, 4.69) is 25.8 Å². The number of hydrogen-bond donors (Lipinski definition) is 1. The van der Waals surface area contributed by atoms with Gasteiger partial charge in [-0.25, -0.2) is 14.5 Å². The van der Waals surface area contributed by atoms with Crippen molar-refractivity contribution in [1.82, 2.24) is 25.2 Å². The number of thiazole rings is 1. The number of carbonyl (C=O) groups is 2. The normalized spacial score (nSPS) is 11.6. The Balaban J connectivity index is 1.39. The molecule has 30 heavy (non-hydrogen) atoms. The minimum absolute atomic E-state index is 0.281. The molecular weight excluding hydrogens is 404 g/mol. The molecule has 0 aliphatic rings. The maximum absolute atomic E-state index is 12.4. The molecule has 0 bridgehead atoms. The molecule has 0 radical (unpaired) electrons. The first-order valence-corrected chi connectivity index (χ1v) is 9.84. The number of benzene rings is 2. The molecular formula is C20H16N6O3S. The van der Waals surface area contributed by atoms with E-state index in [0.717, 1.165) is 11.3 Å². The Bertz CT molecular complexity index is 1160. The molecule has 0 saturated carbocycles. The Labute approximate surface area is 175 Å². The number of tetrazole rings is 1. The van der Waals surface area contributed by atoms with E-state index in [4.69, 9.17) is 4.74 Å². The monoisotopic (exact) mass is 420 g/mol. The van der Waals surface area contributed by atoms with E-state index < -0.39 is 18.0 Å². The number of aromatic nitrogens is 5. The lowest BCUT2D eigenvalue weighted by molar-refractivity contribution is -0.123. The SMILES string of the molecule is CC(OC(=O)c1cccc(-n2cnnn2)c1)C(=O)Nc1nc(-c2ccccc2)cs1. The van der Waals surface area contributed by atoms with Crippen LogP contribution >= 0.6 is 11.3 Å². The first-order chi connectivity index (χ1) is 14.6. The van der Waals surface area contributed by atoms with Crippen LogP contribution in [0.4, 0.5) is 5.13 Å². The van der Waals surface area contributed by atoms with E-state index in [1.54, 1.807) is 24.3 Å². The number of amides is 1. The Kier molecular flexibility index (Phi) is 5.57. The van der Waals surface area contributed by atoms with Gasteiger partial charge in [0, 0.05) is 10.9 Å². The molecule has 10 heteroatoms. The summed E-state index contributed by atoms with van der Waals surface area (Å²) in [6.07, 6.45) is 0.413. The third-order valence-corrected chi connectivity index (χ3v) is 4.91. The van der Waals surface area contributed by atoms with Crippen LogP contribution in [-0.4, -0.2) is 43.2 Å². The summed E-state index contributed by atoms with van der Waals surface area (Å²) in [5, 5.41) is 15.9. The largest absolute Gasteiger partial charge is 0.449 e. The molecule has 4 aromatic rings. The first-order valence-electron chi connectivity index (χ1n) is 8.96. The summed E-state index contributed by atoms with van der Waals surface area (Å²) in [4.78, 5) is 29.3. The molecule has 2 heterocycles. The number of anilines is 1. The highest BCUT2D eigenvalue weighted by Crippen LogP contribution is 2.24. The van der Waals surface area contributed by atoms with Gasteiger partial charge in [0.05, 0.1) is 16.9 Å². The Morgan fingerprint density at radius 1 is 1.13 bits per heavy atom. The fraction of sp³-hybridized carbons (Fsp3) is 0.100. The van der Waals surface area contributed by atoms with Gasteiger partial charge < -0.3 is 4.74 Å². The number of nitrogens with zero attached hydrogens (tertiary/aromatic N) is 5. The molecule has 9 nitrogen and oxygen atoms in total. The van der Waals surface area contributed by atoms with Gasteiger partial charge in [-0.2, -0.15) is 0 Å². The average Bonchev–Trinajstić information content (AvgIpc) is 3.47. The van der Waals surface area contributed by atoms with Crippen LogP contribution in [-0.2, 0) is 9.53 Å². The minimum atomic E-state index is -1.00. The van der Waals surface area contributed by atoms with E-state index in [1.807, 2.05) is 35.7 Å². The summed E-state index contributed by atoms with van der Waals surface area (Å²) < 4.78 is 6.72. The van der Waals surface area contributed by atoms with Gasteiger partial charge in [-0.15, -0.1) is 16.4 Å². The quantitative estimate of drug-likeness (QED) is 0.477. The maximum atomic E-state index is 12.4. The zero-order chi connectivity index (χ0) is 20.9. The van der Waals surface area contributed by atoms with Gasteiger partial charge in [0.25, 0.3) is 5.91 Å². The Morgan fingerprint density at radius 2 is 1.97 bits per heavy atom. The van der Waals surface area contributed by atoms with Crippen LogP contribution in [0.3, 0.4) is 0 Å². The predicted octanol–water partition coefficient (Wildman–Crippen LogP) is 2.97. The molecule has 0 aliphatic heterocycles. The smallest absolute Gasteiger partial charge is 0.338 e. The van der Waals surface area contributed by atoms with Crippen molar-refractivity contribution in [3.05, 3.63) is 71.9 Å². The van der Waals surface area contributed by atoms with Crippen LogP contribution in [0.2, 0.25) is 0 Å². The number of esters is 1. The van der Waals surface area contributed by atoms with Crippen LogP contribution in [0.15, 0.2) is 66.3 Å². The third kappa shape index (κ3) is 4.39. The summed E-state index contributed by atoms with van der Waals surface area (Å²) in [5.41, 5.74) is 2.60. The van der Waals surface area contributed by atoms with Crippen LogP contribution in [0.1, 0.15) is 17.3 Å². The van der Waals surface area contributed by atoms with E-state index >= 15 is 0 Å². The number of rotatable bonds is 6. The van der Waals surface area contributed by atoms with Crippen LogP contribution < -0.4 is 5.32 Å². The topological polar surface area (TPSA) is 112 Å². The van der Waals surface area contributed by atoms with Gasteiger partial charge >= 0.3 is 5.97 Å². The average molecular weight is 420 g/mol. The second-order valence-corrected chi connectivity index (χ2v) is 7.10. The zero-order valence-electron chi connectivity index (χ0n) is 15.8. The third-order valence-electron chi connectivity index (χ3n) is 4.15.